The Labute approximate surface area is 182 Å². The number of hydrogen-bond acceptors (Lipinski definition) is 5. The van der Waals surface area contributed by atoms with Crippen LogP contribution < -0.4 is 10.6 Å². The number of aliphatic imine (C=N–C) groups is 1. The summed E-state index contributed by atoms with van der Waals surface area (Å²) >= 11 is 1.75. The van der Waals surface area contributed by atoms with Crippen LogP contribution >= 0.6 is 35.3 Å². The van der Waals surface area contributed by atoms with E-state index in [1.54, 1.807) is 11.3 Å². The van der Waals surface area contributed by atoms with Gasteiger partial charge in [0.25, 0.3) is 0 Å². The lowest BCUT2D eigenvalue weighted by atomic mass is 10.0. The van der Waals surface area contributed by atoms with Gasteiger partial charge in [0.1, 0.15) is 0 Å². The van der Waals surface area contributed by atoms with Crippen molar-refractivity contribution in [1.82, 2.24) is 25.5 Å². The van der Waals surface area contributed by atoms with E-state index in [1.807, 2.05) is 26.2 Å². The molecule has 0 bridgehead atoms. The molecule has 1 aliphatic heterocycles. The van der Waals surface area contributed by atoms with Crippen LogP contribution in [0.5, 0.6) is 0 Å². The molecule has 0 atom stereocenters. The second-order valence-electron chi connectivity index (χ2n) is 6.68. The Hall–Kier alpha value is -1.26. The van der Waals surface area contributed by atoms with Gasteiger partial charge in [-0.15, -0.1) is 35.3 Å². The molecule has 1 aliphatic rings. The van der Waals surface area contributed by atoms with E-state index in [0.717, 1.165) is 61.4 Å². The largest absolute Gasteiger partial charge is 0.354 e. The number of nitrogens with one attached hydrogen (secondary N) is 2. The minimum absolute atomic E-state index is 0. The fraction of sp³-hybridized carbons (Fsp3) is 0.526. The number of nitrogens with zero attached hydrogens (tertiary/aromatic N) is 4. The van der Waals surface area contributed by atoms with Crippen LogP contribution in [0.2, 0.25) is 0 Å². The Morgan fingerprint density at radius 1 is 1.30 bits per heavy atom. The number of thiazole rings is 1. The van der Waals surface area contributed by atoms with Crippen molar-refractivity contribution in [1.29, 1.82) is 0 Å². The van der Waals surface area contributed by atoms with Crippen LogP contribution in [0.3, 0.4) is 0 Å². The highest BCUT2D eigenvalue weighted by atomic mass is 127. The van der Waals surface area contributed by atoms with E-state index in [9.17, 15) is 0 Å². The lowest BCUT2D eigenvalue weighted by molar-refractivity contribution is 0.196. The van der Waals surface area contributed by atoms with E-state index in [0.29, 0.717) is 6.04 Å². The van der Waals surface area contributed by atoms with Crippen LogP contribution in [0.25, 0.3) is 0 Å². The normalized spacial score (nSPS) is 16.0. The molecule has 27 heavy (non-hydrogen) atoms. The van der Waals surface area contributed by atoms with Gasteiger partial charge in [-0.3, -0.25) is 14.9 Å². The fourth-order valence-electron chi connectivity index (χ4n) is 3.25. The standard InChI is InChI=1S/C19H28N6S.HI/c1-14-18(26-15(2)23-14)12-22-19(20-3)24-16-7-10-25(11-8-16)13-17-6-4-5-9-21-17;/h4-6,9,16H,7-8,10-13H2,1-3H3,(H2,20,22,24);1H. The number of aryl methyl sites for hydroxylation is 2. The predicted octanol–water partition coefficient (Wildman–Crippen LogP) is 3.10. The lowest BCUT2D eigenvalue weighted by Gasteiger charge is -2.32. The quantitative estimate of drug-likeness (QED) is 0.376. The Morgan fingerprint density at radius 3 is 2.67 bits per heavy atom. The van der Waals surface area contributed by atoms with Crippen molar-refractivity contribution in [3.8, 4) is 0 Å². The van der Waals surface area contributed by atoms with Gasteiger partial charge in [0, 0.05) is 43.8 Å². The molecule has 2 aromatic rings. The van der Waals surface area contributed by atoms with E-state index in [4.69, 9.17) is 0 Å². The SMILES string of the molecule is CN=C(NCc1sc(C)nc1C)NC1CCN(Cc2ccccn2)CC1.I. The molecule has 1 saturated heterocycles. The van der Waals surface area contributed by atoms with Crippen LogP contribution in [-0.2, 0) is 13.1 Å². The number of pyridine rings is 1. The maximum atomic E-state index is 4.48. The van der Waals surface area contributed by atoms with Crippen LogP contribution in [-0.4, -0.2) is 47.0 Å². The van der Waals surface area contributed by atoms with E-state index in [-0.39, 0.29) is 24.0 Å². The summed E-state index contributed by atoms with van der Waals surface area (Å²) in [6, 6.07) is 6.58. The van der Waals surface area contributed by atoms with Gasteiger partial charge in [-0.2, -0.15) is 0 Å². The monoisotopic (exact) mass is 500 g/mol. The minimum atomic E-state index is 0. The smallest absolute Gasteiger partial charge is 0.191 e. The average molecular weight is 500 g/mol. The number of guanidine groups is 1. The summed E-state index contributed by atoms with van der Waals surface area (Å²) in [5.41, 5.74) is 2.25. The Kier molecular flexibility index (Phi) is 8.91. The van der Waals surface area contributed by atoms with Crippen molar-refractivity contribution in [3.05, 3.63) is 45.7 Å². The maximum Gasteiger partial charge on any atom is 0.191 e. The molecule has 2 N–H and O–H groups in total. The molecule has 3 rings (SSSR count). The van der Waals surface area contributed by atoms with Gasteiger partial charge in [-0.05, 0) is 38.8 Å². The van der Waals surface area contributed by atoms with Crippen molar-refractivity contribution in [2.45, 2.75) is 45.8 Å². The fourth-order valence-corrected chi connectivity index (χ4v) is 4.12. The summed E-state index contributed by atoms with van der Waals surface area (Å²) in [6.45, 7) is 7.98. The van der Waals surface area contributed by atoms with Crippen molar-refractivity contribution in [3.63, 3.8) is 0 Å². The van der Waals surface area contributed by atoms with Crippen molar-refractivity contribution < 1.29 is 0 Å². The molecule has 3 heterocycles. The third-order valence-corrected chi connectivity index (χ3v) is 5.75. The number of halogens is 1. The molecule has 0 spiro atoms. The number of rotatable bonds is 5. The highest BCUT2D eigenvalue weighted by molar-refractivity contribution is 14.0. The molecule has 0 unspecified atom stereocenters. The summed E-state index contributed by atoms with van der Waals surface area (Å²) in [5, 5.41) is 8.10. The first-order valence-electron chi connectivity index (χ1n) is 9.16. The topological polar surface area (TPSA) is 65.4 Å². The molecule has 0 saturated carbocycles. The molecule has 0 radical (unpaired) electrons. The average Bonchev–Trinajstić information content (AvgIpc) is 2.98. The van der Waals surface area contributed by atoms with E-state index < -0.39 is 0 Å². The molecule has 1 fully saturated rings. The zero-order chi connectivity index (χ0) is 18.4. The van der Waals surface area contributed by atoms with Crippen molar-refractivity contribution in [2.75, 3.05) is 20.1 Å². The van der Waals surface area contributed by atoms with Gasteiger partial charge in [0.2, 0.25) is 0 Å². The summed E-state index contributed by atoms with van der Waals surface area (Å²) in [7, 11) is 1.83. The molecule has 148 valence electrons. The van der Waals surface area contributed by atoms with Crippen LogP contribution in [0, 0.1) is 13.8 Å². The highest BCUT2D eigenvalue weighted by Crippen LogP contribution is 2.17. The predicted molar refractivity (Wildman–Crippen MR) is 123 cm³/mol. The number of hydrogen-bond donors (Lipinski definition) is 2. The van der Waals surface area contributed by atoms with E-state index >= 15 is 0 Å². The lowest BCUT2D eigenvalue weighted by Crippen LogP contribution is -2.48. The first kappa shape index (κ1) is 22.0. The Morgan fingerprint density at radius 2 is 2.07 bits per heavy atom. The minimum Gasteiger partial charge on any atom is -0.354 e. The van der Waals surface area contributed by atoms with Gasteiger partial charge < -0.3 is 10.6 Å². The third-order valence-electron chi connectivity index (χ3n) is 4.68. The van der Waals surface area contributed by atoms with Gasteiger partial charge in [0.05, 0.1) is 22.9 Å². The van der Waals surface area contributed by atoms with Gasteiger partial charge in [-0.1, -0.05) is 6.07 Å². The van der Waals surface area contributed by atoms with E-state index in [1.165, 1.54) is 4.88 Å². The van der Waals surface area contributed by atoms with Crippen LogP contribution in [0.1, 0.15) is 34.1 Å². The van der Waals surface area contributed by atoms with Crippen molar-refractivity contribution >= 4 is 41.3 Å². The van der Waals surface area contributed by atoms with Gasteiger partial charge >= 0.3 is 0 Å². The summed E-state index contributed by atoms with van der Waals surface area (Å²) < 4.78 is 0. The summed E-state index contributed by atoms with van der Waals surface area (Å²) in [6.07, 6.45) is 4.10. The molecular weight excluding hydrogens is 471 g/mol. The summed E-state index contributed by atoms with van der Waals surface area (Å²) in [5.74, 6) is 0.874. The first-order valence-corrected chi connectivity index (χ1v) is 9.98. The molecule has 0 aliphatic carbocycles. The molecular formula is C19H29IN6S. The molecule has 8 heteroatoms. The molecule has 6 nitrogen and oxygen atoms in total. The number of piperidine rings is 1. The van der Waals surface area contributed by atoms with Crippen molar-refractivity contribution in [2.24, 2.45) is 4.99 Å². The first-order chi connectivity index (χ1) is 12.6. The number of likely N-dealkylation sites (tertiary alicyclic amines) is 1. The van der Waals surface area contributed by atoms with Gasteiger partial charge in [0.15, 0.2) is 5.96 Å². The molecule has 0 amide bonds. The molecule has 2 aromatic heterocycles. The maximum absolute atomic E-state index is 4.48. The van der Waals surface area contributed by atoms with Crippen LogP contribution in [0.4, 0.5) is 0 Å². The zero-order valence-corrected chi connectivity index (χ0v) is 19.4. The molecule has 0 aromatic carbocycles. The van der Waals surface area contributed by atoms with E-state index in [2.05, 4.69) is 49.6 Å². The zero-order valence-electron chi connectivity index (χ0n) is 16.2. The Bertz CT molecular complexity index is 725. The third kappa shape index (κ3) is 6.69. The summed E-state index contributed by atoms with van der Waals surface area (Å²) in [4.78, 5) is 17.0. The second kappa shape index (κ2) is 10.9. The second-order valence-corrected chi connectivity index (χ2v) is 7.97. The van der Waals surface area contributed by atoms with Gasteiger partial charge in [-0.25, -0.2) is 4.98 Å². The number of aromatic nitrogens is 2. The highest BCUT2D eigenvalue weighted by Gasteiger charge is 2.20. The Balaban J connectivity index is 0.00000261. The van der Waals surface area contributed by atoms with Crippen LogP contribution in [0.15, 0.2) is 29.4 Å².